The third-order valence-electron chi connectivity index (χ3n) is 4.03. The van der Waals surface area contributed by atoms with Crippen molar-refractivity contribution in [2.75, 3.05) is 6.61 Å². The number of rotatable bonds is 6. The first kappa shape index (κ1) is 22.3. The fraction of sp³-hybridized carbons (Fsp3) is 0.158. The van der Waals surface area contributed by atoms with Crippen molar-refractivity contribution in [3.8, 4) is 23.1 Å². The van der Waals surface area contributed by atoms with Crippen LogP contribution < -0.4 is 20.7 Å². The SMILES string of the molecule is Cn1c(C(F)(F)F)cc(=O)n(-c2ccc(Br)c(Oc3ncccc3OCC=O)c2)c1=O. The van der Waals surface area contributed by atoms with Gasteiger partial charge in [-0.2, -0.15) is 13.2 Å². The lowest BCUT2D eigenvalue weighted by atomic mass is 10.3. The zero-order chi connectivity index (χ0) is 22.8. The molecule has 3 aromatic rings. The van der Waals surface area contributed by atoms with Crippen molar-refractivity contribution >= 4 is 22.2 Å². The predicted molar refractivity (Wildman–Crippen MR) is 106 cm³/mol. The number of alkyl halides is 3. The van der Waals surface area contributed by atoms with Crippen LogP contribution in [0, 0.1) is 0 Å². The topological polar surface area (TPSA) is 92.4 Å². The minimum Gasteiger partial charge on any atom is -0.480 e. The van der Waals surface area contributed by atoms with E-state index in [1.165, 1.54) is 30.5 Å². The van der Waals surface area contributed by atoms with Crippen molar-refractivity contribution in [2.45, 2.75) is 6.18 Å². The Morgan fingerprint density at radius 2 is 1.90 bits per heavy atom. The van der Waals surface area contributed by atoms with Gasteiger partial charge < -0.3 is 9.47 Å². The number of hydrogen-bond donors (Lipinski definition) is 0. The fourth-order valence-corrected chi connectivity index (χ4v) is 2.96. The van der Waals surface area contributed by atoms with E-state index in [2.05, 4.69) is 20.9 Å². The highest BCUT2D eigenvalue weighted by atomic mass is 79.9. The molecule has 12 heteroatoms. The number of hydrogen-bond acceptors (Lipinski definition) is 6. The maximum Gasteiger partial charge on any atom is 0.431 e. The number of nitrogens with zero attached hydrogens (tertiary/aromatic N) is 3. The van der Waals surface area contributed by atoms with E-state index >= 15 is 0 Å². The average Bonchev–Trinajstić information content (AvgIpc) is 2.71. The second-order valence-corrected chi connectivity index (χ2v) is 6.90. The van der Waals surface area contributed by atoms with Gasteiger partial charge in [-0.15, -0.1) is 0 Å². The molecule has 0 aliphatic carbocycles. The number of halogens is 4. The lowest BCUT2D eigenvalue weighted by molar-refractivity contribution is -0.144. The third kappa shape index (κ3) is 4.68. The van der Waals surface area contributed by atoms with Gasteiger partial charge in [0.05, 0.1) is 10.2 Å². The molecule has 0 atom stereocenters. The van der Waals surface area contributed by atoms with Gasteiger partial charge in [0.15, 0.2) is 12.0 Å². The number of carbonyl (C=O) groups is 1. The largest absolute Gasteiger partial charge is 0.480 e. The third-order valence-corrected chi connectivity index (χ3v) is 4.69. The molecule has 2 aromatic heterocycles. The van der Waals surface area contributed by atoms with E-state index in [4.69, 9.17) is 9.47 Å². The van der Waals surface area contributed by atoms with Gasteiger partial charge in [-0.1, -0.05) is 0 Å². The summed E-state index contributed by atoms with van der Waals surface area (Å²) in [5.41, 5.74) is -3.72. The Balaban J connectivity index is 2.08. The number of pyridine rings is 1. The van der Waals surface area contributed by atoms with E-state index in [-0.39, 0.29) is 29.7 Å². The highest BCUT2D eigenvalue weighted by Crippen LogP contribution is 2.34. The van der Waals surface area contributed by atoms with Crippen LogP contribution in [-0.2, 0) is 18.0 Å². The Kier molecular flexibility index (Phi) is 6.29. The Labute approximate surface area is 180 Å². The fourth-order valence-electron chi connectivity index (χ4n) is 2.64. The van der Waals surface area contributed by atoms with Gasteiger partial charge in [-0.3, -0.25) is 14.2 Å². The summed E-state index contributed by atoms with van der Waals surface area (Å²) in [6, 6.07) is 7.49. The summed E-state index contributed by atoms with van der Waals surface area (Å²) in [7, 11) is 0.919. The Morgan fingerprint density at radius 3 is 2.58 bits per heavy atom. The summed E-state index contributed by atoms with van der Waals surface area (Å²) in [6.07, 6.45) is -2.91. The predicted octanol–water partition coefficient (Wildman–Crippen LogP) is 3.08. The van der Waals surface area contributed by atoms with Crippen molar-refractivity contribution in [1.82, 2.24) is 14.1 Å². The van der Waals surface area contributed by atoms with E-state index in [1.54, 1.807) is 6.07 Å². The summed E-state index contributed by atoms with van der Waals surface area (Å²) in [5, 5.41) is 0. The molecule has 0 aliphatic heterocycles. The van der Waals surface area contributed by atoms with Crippen LogP contribution in [0.25, 0.3) is 5.69 Å². The average molecular weight is 500 g/mol. The van der Waals surface area contributed by atoms with Crippen LogP contribution in [0.2, 0.25) is 0 Å². The molecule has 0 spiro atoms. The Bertz CT molecular complexity index is 1250. The van der Waals surface area contributed by atoms with E-state index in [9.17, 15) is 27.6 Å². The maximum absolute atomic E-state index is 13.1. The van der Waals surface area contributed by atoms with E-state index in [1.807, 2.05) is 0 Å². The highest BCUT2D eigenvalue weighted by molar-refractivity contribution is 9.10. The minimum absolute atomic E-state index is 0.00475. The first-order valence-electron chi connectivity index (χ1n) is 8.53. The number of benzene rings is 1. The summed E-state index contributed by atoms with van der Waals surface area (Å²) in [6.45, 7) is -0.236. The first-order valence-corrected chi connectivity index (χ1v) is 9.32. The Hall–Kier alpha value is -3.41. The number of aromatic nitrogens is 3. The molecule has 31 heavy (non-hydrogen) atoms. The summed E-state index contributed by atoms with van der Waals surface area (Å²) in [4.78, 5) is 39.4. The molecule has 0 fully saturated rings. The molecular formula is C19H13BrF3N3O5. The second-order valence-electron chi connectivity index (χ2n) is 6.04. The number of aldehydes is 1. The quantitative estimate of drug-likeness (QED) is 0.484. The zero-order valence-electron chi connectivity index (χ0n) is 15.7. The van der Waals surface area contributed by atoms with Crippen molar-refractivity contribution in [3.05, 3.63) is 73.6 Å². The molecule has 0 amide bonds. The van der Waals surface area contributed by atoms with E-state index in [0.29, 0.717) is 26.0 Å². The van der Waals surface area contributed by atoms with Gasteiger partial charge in [0.1, 0.15) is 18.1 Å². The van der Waals surface area contributed by atoms with Crippen molar-refractivity contribution in [3.63, 3.8) is 0 Å². The molecule has 0 radical (unpaired) electrons. The molecule has 0 aliphatic rings. The van der Waals surface area contributed by atoms with Crippen LogP contribution in [0.1, 0.15) is 5.69 Å². The van der Waals surface area contributed by atoms with Crippen molar-refractivity contribution in [2.24, 2.45) is 7.05 Å². The zero-order valence-corrected chi connectivity index (χ0v) is 17.3. The van der Waals surface area contributed by atoms with Gasteiger partial charge >= 0.3 is 11.9 Å². The second kappa shape index (κ2) is 8.76. The molecule has 3 rings (SSSR count). The molecule has 8 nitrogen and oxygen atoms in total. The summed E-state index contributed by atoms with van der Waals surface area (Å²) in [5.74, 6) is 0.255. The lowest BCUT2D eigenvalue weighted by Crippen LogP contribution is -2.40. The standard InChI is InChI=1S/C19H13BrF3N3O5/c1-25-15(19(21,22)23)10-16(28)26(18(25)29)11-4-5-12(20)14(9-11)31-17-13(30-8-7-27)3-2-6-24-17/h2-7,9-10H,8H2,1H3. The molecule has 0 unspecified atom stereocenters. The molecule has 0 bridgehead atoms. The van der Waals surface area contributed by atoms with Crippen LogP contribution in [0.3, 0.4) is 0 Å². The van der Waals surface area contributed by atoms with E-state index in [0.717, 1.165) is 7.05 Å². The molecule has 2 heterocycles. The molecule has 1 aromatic carbocycles. The monoisotopic (exact) mass is 499 g/mol. The van der Waals surface area contributed by atoms with Crippen molar-refractivity contribution in [1.29, 1.82) is 0 Å². The van der Waals surface area contributed by atoms with Crippen molar-refractivity contribution < 1.29 is 27.4 Å². The van der Waals surface area contributed by atoms with Gasteiger partial charge in [-0.05, 0) is 40.2 Å². The summed E-state index contributed by atoms with van der Waals surface area (Å²) < 4.78 is 51.4. The number of carbonyl (C=O) groups excluding carboxylic acids is 1. The number of ether oxygens (including phenoxy) is 2. The van der Waals surface area contributed by atoms with Gasteiger partial charge in [-0.25, -0.2) is 14.3 Å². The van der Waals surface area contributed by atoms with Crippen LogP contribution in [0.4, 0.5) is 13.2 Å². The van der Waals surface area contributed by atoms with Crippen LogP contribution in [0.5, 0.6) is 17.4 Å². The summed E-state index contributed by atoms with van der Waals surface area (Å²) >= 11 is 3.26. The smallest absolute Gasteiger partial charge is 0.431 e. The minimum atomic E-state index is -4.86. The first-order chi connectivity index (χ1) is 14.6. The molecule has 0 N–H and O–H groups in total. The van der Waals surface area contributed by atoms with Crippen LogP contribution >= 0.6 is 15.9 Å². The Morgan fingerprint density at radius 1 is 1.16 bits per heavy atom. The maximum atomic E-state index is 13.1. The highest BCUT2D eigenvalue weighted by Gasteiger charge is 2.35. The van der Waals surface area contributed by atoms with Gasteiger partial charge in [0.25, 0.3) is 11.4 Å². The molecule has 162 valence electrons. The van der Waals surface area contributed by atoms with Crippen LogP contribution in [0.15, 0.2) is 56.7 Å². The van der Waals surface area contributed by atoms with Gasteiger partial charge in [0.2, 0.25) is 0 Å². The van der Waals surface area contributed by atoms with E-state index < -0.39 is 23.1 Å². The molecular weight excluding hydrogens is 487 g/mol. The lowest BCUT2D eigenvalue weighted by Gasteiger charge is -2.15. The van der Waals surface area contributed by atoms with Gasteiger partial charge in [0, 0.05) is 25.4 Å². The van der Waals surface area contributed by atoms with Crippen LogP contribution in [-0.4, -0.2) is 27.0 Å². The molecule has 0 saturated heterocycles. The molecule has 0 saturated carbocycles. The normalized spacial score (nSPS) is 11.3.